The summed E-state index contributed by atoms with van der Waals surface area (Å²) < 4.78 is 1.81. The van der Waals surface area contributed by atoms with E-state index in [-0.39, 0.29) is 6.04 Å². The number of hydrogen-bond donors (Lipinski definition) is 2. The maximum absolute atomic E-state index is 5.67. The van der Waals surface area contributed by atoms with Crippen molar-refractivity contribution in [3.05, 3.63) is 29.8 Å². The number of hydrogen-bond acceptors (Lipinski definition) is 5. The summed E-state index contributed by atoms with van der Waals surface area (Å²) in [6.45, 7) is 0.884. The third-order valence-electron chi connectivity index (χ3n) is 2.81. The molecule has 1 aromatic heterocycles. The van der Waals surface area contributed by atoms with Crippen LogP contribution in [-0.4, -0.2) is 26.8 Å². The summed E-state index contributed by atoms with van der Waals surface area (Å²) in [5, 5.41) is 14.7. The summed E-state index contributed by atoms with van der Waals surface area (Å²) >= 11 is 0. The molecule has 2 aromatic rings. The molecule has 1 aromatic carbocycles. The third kappa shape index (κ3) is 1.39. The first-order chi connectivity index (χ1) is 7.84. The molecule has 6 nitrogen and oxygen atoms in total. The minimum Gasteiger partial charge on any atom is -0.399 e. The largest absolute Gasteiger partial charge is 0.399 e. The molecule has 3 rings (SSSR count). The van der Waals surface area contributed by atoms with Crippen LogP contribution in [0.1, 0.15) is 18.0 Å². The van der Waals surface area contributed by atoms with Crippen molar-refractivity contribution in [2.45, 2.75) is 12.5 Å². The summed E-state index contributed by atoms with van der Waals surface area (Å²) in [4.78, 5) is 0. The number of nitrogens with zero attached hydrogens (tertiary/aromatic N) is 4. The predicted octanol–water partition coefficient (Wildman–Crippen LogP) is 0.660. The number of anilines is 2. The Morgan fingerprint density at radius 1 is 1.31 bits per heavy atom. The van der Waals surface area contributed by atoms with Gasteiger partial charge in [-0.1, -0.05) is 17.2 Å². The van der Waals surface area contributed by atoms with Gasteiger partial charge in [-0.05, 0) is 34.5 Å². The fourth-order valence-electron chi connectivity index (χ4n) is 1.99. The molecule has 1 unspecified atom stereocenters. The highest BCUT2D eigenvalue weighted by atomic mass is 15.6. The first kappa shape index (κ1) is 9.14. The highest BCUT2D eigenvalue weighted by Crippen LogP contribution is 2.27. The second-order valence-electron chi connectivity index (χ2n) is 3.84. The van der Waals surface area contributed by atoms with Gasteiger partial charge in [0.2, 0.25) is 5.95 Å². The van der Waals surface area contributed by atoms with Crippen molar-refractivity contribution in [2.24, 2.45) is 0 Å². The Kier molecular flexibility index (Phi) is 1.99. The molecule has 2 heterocycles. The molecular weight excluding hydrogens is 204 g/mol. The van der Waals surface area contributed by atoms with E-state index >= 15 is 0 Å². The second kappa shape index (κ2) is 3.48. The van der Waals surface area contributed by atoms with Crippen molar-refractivity contribution in [1.29, 1.82) is 0 Å². The van der Waals surface area contributed by atoms with Crippen LogP contribution in [0.2, 0.25) is 0 Å². The normalized spacial score (nSPS) is 18.9. The second-order valence-corrected chi connectivity index (χ2v) is 3.84. The molecule has 0 saturated heterocycles. The average molecular weight is 216 g/mol. The van der Waals surface area contributed by atoms with Gasteiger partial charge in [0.05, 0.1) is 6.04 Å². The zero-order valence-corrected chi connectivity index (χ0v) is 8.67. The fraction of sp³-hybridized carbons (Fsp3) is 0.300. The molecule has 3 N–H and O–H groups in total. The molecule has 0 fully saturated rings. The smallest absolute Gasteiger partial charge is 0.243 e. The van der Waals surface area contributed by atoms with Gasteiger partial charge in [0.15, 0.2) is 0 Å². The Labute approximate surface area is 92.5 Å². The van der Waals surface area contributed by atoms with Crippen LogP contribution in [0.25, 0.3) is 0 Å². The van der Waals surface area contributed by atoms with Gasteiger partial charge in [-0.15, -0.1) is 0 Å². The van der Waals surface area contributed by atoms with Gasteiger partial charge >= 0.3 is 0 Å². The molecule has 0 aliphatic carbocycles. The van der Waals surface area contributed by atoms with Gasteiger partial charge in [0, 0.05) is 12.2 Å². The maximum atomic E-state index is 5.67. The van der Waals surface area contributed by atoms with Crippen LogP contribution >= 0.6 is 0 Å². The third-order valence-corrected chi connectivity index (χ3v) is 2.81. The highest BCUT2D eigenvalue weighted by molar-refractivity contribution is 5.41. The molecule has 1 aliphatic rings. The lowest BCUT2D eigenvalue weighted by Gasteiger charge is -2.23. The van der Waals surface area contributed by atoms with E-state index < -0.39 is 0 Å². The van der Waals surface area contributed by atoms with E-state index in [1.807, 2.05) is 28.9 Å². The number of fused-ring (bicyclic) bond motifs is 1. The Morgan fingerprint density at radius 3 is 2.94 bits per heavy atom. The monoisotopic (exact) mass is 216 g/mol. The number of nitrogens with one attached hydrogen (secondary N) is 1. The van der Waals surface area contributed by atoms with Crippen LogP contribution < -0.4 is 11.1 Å². The number of rotatable bonds is 1. The van der Waals surface area contributed by atoms with E-state index in [9.17, 15) is 0 Å². The highest BCUT2D eigenvalue weighted by Gasteiger charge is 2.22. The number of aromatic nitrogens is 4. The topological polar surface area (TPSA) is 81.7 Å². The van der Waals surface area contributed by atoms with E-state index in [1.54, 1.807) is 0 Å². The lowest BCUT2D eigenvalue weighted by atomic mass is 10.0. The molecule has 1 aliphatic heterocycles. The Bertz CT molecular complexity index is 488. The summed E-state index contributed by atoms with van der Waals surface area (Å²) in [6, 6.07) is 8.06. The SMILES string of the molecule is Nc1ccc(C2CCNc3nnnn32)cc1. The van der Waals surface area contributed by atoms with Gasteiger partial charge in [-0.3, -0.25) is 0 Å². The van der Waals surface area contributed by atoms with Crippen LogP contribution in [0, 0.1) is 0 Å². The number of tetrazole rings is 1. The van der Waals surface area contributed by atoms with E-state index in [0.29, 0.717) is 0 Å². The molecule has 16 heavy (non-hydrogen) atoms. The number of nitrogens with two attached hydrogens (primary N) is 1. The standard InChI is InChI=1S/C10H12N6/c11-8-3-1-7(2-4-8)9-5-6-12-10-13-14-15-16(9)10/h1-4,9H,5-6,11H2,(H,12,13,15). The first-order valence-electron chi connectivity index (χ1n) is 5.22. The Morgan fingerprint density at radius 2 is 2.12 bits per heavy atom. The number of nitrogen functional groups attached to an aromatic ring is 1. The molecule has 6 heteroatoms. The fourth-order valence-corrected chi connectivity index (χ4v) is 1.99. The lowest BCUT2D eigenvalue weighted by Crippen LogP contribution is -2.24. The van der Waals surface area contributed by atoms with Crippen molar-refractivity contribution in [1.82, 2.24) is 20.2 Å². The minimum absolute atomic E-state index is 0.201. The average Bonchev–Trinajstić information content (AvgIpc) is 2.78. The molecule has 82 valence electrons. The van der Waals surface area contributed by atoms with Crippen LogP contribution in [0.15, 0.2) is 24.3 Å². The predicted molar refractivity (Wildman–Crippen MR) is 59.9 cm³/mol. The molecule has 0 radical (unpaired) electrons. The maximum Gasteiger partial charge on any atom is 0.243 e. The van der Waals surface area contributed by atoms with Gasteiger partial charge < -0.3 is 11.1 Å². The summed E-state index contributed by atoms with van der Waals surface area (Å²) in [5.74, 6) is 0.730. The zero-order valence-electron chi connectivity index (χ0n) is 8.67. The molecule has 0 bridgehead atoms. The summed E-state index contributed by atoms with van der Waals surface area (Å²) in [5.41, 5.74) is 7.63. The molecular formula is C10H12N6. The van der Waals surface area contributed by atoms with Gasteiger partial charge in [-0.2, -0.15) is 0 Å². The van der Waals surface area contributed by atoms with Crippen molar-refractivity contribution in [2.75, 3.05) is 17.6 Å². The van der Waals surface area contributed by atoms with E-state index in [1.165, 1.54) is 5.56 Å². The molecule has 0 spiro atoms. The van der Waals surface area contributed by atoms with Gasteiger partial charge in [-0.25, -0.2) is 4.68 Å². The van der Waals surface area contributed by atoms with Crippen molar-refractivity contribution in [3.63, 3.8) is 0 Å². The summed E-state index contributed by atoms with van der Waals surface area (Å²) in [7, 11) is 0. The van der Waals surface area contributed by atoms with Crippen LogP contribution in [-0.2, 0) is 0 Å². The van der Waals surface area contributed by atoms with E-state index in [0.717, 1.165) is 24.6 Å². The van der Waals surface area contributed by atoms with Crippen LogP contribution in [0.3, 0.4) is 0 Å². The summed E-state index contributed by atoms with van der Waals surface area (Å²) in [6.07, 6.45) is 0.974. The van der Waals surface area contributed by atoms with Crippen LogP contribution in [0.4, 0.5) is 11.6 Å². The lowest BCUT2D eigenvalue weighted by molar-refractivity contribution is 0.469. The quantitative estimate of drug-likeness (QED) is 0.684. The van der Waals surface area contributed by atoms with Crippen molar-refractivity contribution in [3.8, 4) is 0 Å². The van der Waals surface area contributed by atoms with E-state index in [4.69, 9.17) is 5.73 Å². The Balaban J connectivity index is 2.00. The van der Waals surface area contributed by atoms with Crippen LogP contribution in [0.5, 0.6) is 0 Å². The van der Waals surface area contributed by atoms with Crippen molar-refractivity contribution >= 4 is 11.6 Å². The van der Waals surface area contributed by atoms with Crippen molar-refractivity contribution < 1.29 is 0 Å². The molecule has 0 saturated carbocycles. The minimum atomic E-state index is 0.201. The van der Waals surface area contributed by atoms with Gasteiger partial charge in [0.1, 0.15) is 0 Å². The molecule has 1 atom stereocenters. The number of benzene rings is 1. The zero-order chi connectivity index (χ0) is 11.0. The molecule has 0 amide bonds. The van der Waals surface area contributed by atoms with E-state index in [2.05, 4.69) is 20.8 Å². The Hall–Kier alpha value is -2.11. The first-order valence-corrected chi connectivity index (χ1v) is 5.22. The van der Waals surface area contributed by atoms with Gasteiger partial charge in [0.25, 0.3) is 0 Å².